The zero-order valence-corrected chi connectivity index (χ0v) is 13.7. The highest BCUT2D eigenvalue weighted by Crippen LogP contribution is 2.61. The molecular weight excluding hydrogens is 240 g/mol. The fourth-order valence-electron chi connectivity index (χ4n) is 5.42. The second-order valence-electron chi connectivity index (χ2n) is 8.63. The minimum Gasteiger partial charge on any atom is -0.102 e. The molecule has 4 atom stereocenters. The van der Waals surface area contributed by atoms with Gasteiger partial charge in [0, 0.05) is 5.41 Å². The third-order valence-corrected chi connectivity index (χ3v) is 6.70. The van der Waals surface area contributed by atoms with Gasteiger partial charge in [0.2, 0.25) is 0 Å². The predicted molar refractivity (Wildman–Crippen MR) is 87.5 cm³/mol. The van der Waals surface area contributed by atoms with Crippen molar-refractivity contribution in [3.8, 4) is 0 Å². The predicted octanol–water partition coefficient (Wildman–Crippen LogP) is 5.92. The molecule has 110 valence electrons. The van der Waals surface area contributed by atoms with Gasteiger partial charge in [-0.3, -0.25) is 0 Å². The molecule has 0 aromatic carbocycles. The molecule has 3 aliphatic rings. The molecule has 0 aliphatic heterocycles. The third-order valence-electron chi connectivity index (χ3n) is 6.70. The van der Waals surface area contributed by atoms with Gasteiger partial charge in [-0.25, -0.2) is 0 Å². The van der Waals surface area contributed by atoms with Crippen molar-refractivity contribution < 1.29 is 0 Å². The SMILES string of the molecule is C=C[C@@]1(C)C=C2C=C[C@H]3C(C)(C)CCC[C@]3(C)[C@H]2CC1. The molecule has 0 unspecified atom stereocenters. The van der Waals surface area contributed by atoms with Crippen LogP contribution in [0, 0.1) is 28.1 Å². The van der Waals surface area contributed by atoms with Crippen LogP contribution < -0.4 is 0 Å². The summed E-state index contributed by atoms with van der Waals surface area (Å²) in [6.45, 7) is 13.9. The van der Waals surface area contributed by atoms with E-state index >= 15 is 0 Å². The van der Waals surface area contributed by atoms with E-state index in [2.05, 4.69) is 58.6 Å². The highest BCUT2D eigenvalue weighted by Gasteiger charge is 2.52. The van der Waals surface area contributed by atoms with E-state index in [0.29, 0.717) is 10.8 Å². The van der Waals surface area contributed by atoms with E-state index in [1.165, 1.54) is 32.1 Å². The maximum Gasteiger partial charge on any atom is 0.00361 e. The van der Waals surface area contributed by atoms with Crippen molar-refractivity contribution in [1.82, 2.24) is 0 Å². The highest BCUT2D eigenvalue weighted by atomic mass is 14.6. The van der Waals surface area contributed by atoms with Crippen molar-refractivity contribution in [3.05, 3.63) is 36.5 Å². The summed E-state index contributed by atoms with van der Waals surface area (Å²) in [5.41, 5.74) is 2.75. The Morgan fingerprint density at radius 1 is 1.15 bits per heavy atom. The van der Waals surface area contributed by atoms with Crippen molar-refractivity contribution in [1.29, 1.82) is 0 Å². The molecule has 1 saturated carbocycles. The number of hydrogen-bond donors (Lipinski definition) is 0. The van der Waals surface area contributed by atoms with Gasteiger partial charge >= 0.3 is 0 Å². The normalized spacial score (nSPS) is 46.1. The smallest absolute Gasteiger partial charge is 0.00361 e. The fourth-order valence-corrected chi connectivity index (χ4v) is 5.42. The van der Waals surface area contributed by atoms with Crippen LogP contribution in [0.15, 0.2) is 36.5 Å². The zero-order chi connectivity index (χ0) is 14.6. The fraction of sp³-hybridized carbons (Fsp3) is 0.700. The largest absolute Gasteiger partial charge is 0.102 e. The molecule has 0 heterocycles. The summed E-state index contributed by atoms with van der Waals surface area (Å²) in [6.07, 6.45) is 16.4. The van der Waals surface area contributed by atoms with Gasteiger partial charge in [-0.05, 0) is 53.9 Å². The van der Waals surface area contributed by atoms with Crippen LogP contribution in [0.1, 0.15) is 59.8 Å². The van der Waals surface area contributed by atoms with Crippen LogP contribution in [0.2, 0.25) is 0 Å². The standard InChI is InChI=1S/C20H30/c1-6-19(4)13-10-16-15(14-19)8-9-17-18(2,3)11-7-12-20(16,17)5/h6,8-9,14,16-17H,1,7,10-13H2,2-5H3/t16-,17-,19+,20+/m0/s1. The average molecular weight is 270 g/mol. The van der Waals surface area contributed by atoms with Gasteiger partial charge in [0.1, 0.15) is 0 Å². The van der Waals surface area contributed by atoms with E-state index in [0.717, 1.165) is 11.8 Å². The first-order valence-corrected chi connectivity index (χ1v) is 8.35. The van der Waals surface area contributed by atoms with Crippen LogP contribution >= 0.6 is 0 Å². The van der Waals surface area contributed by atoms with Crippen LogP contribution in [0.3, 0.4) is 0 Å². The first-order chi connectivity index (χ1) is 9.31. The molecule has 0 aromatic heterocycles. The topological polar surface area (TPSA) is 0 Å². The molecule has 0 N–H and O–H groups in total. The number of allylic oxidation sites excluding steroid dienone is 5. The molecule has 0 heteroatoms. The maximum atomic E-state index is 4.05. The molecule has 0 aromatic rings. The first kappa shape index (κ1) is 14.2. The lowest BCUT2D eigenvalue weighted by Gasteiger charge is -2.57. The van der Waals surface area contributed by atoms with E-state index in [-0.39, 0.29) is 5.41 Å². The highest BCUT2D eigenvalue weighted by molar-refractivity contribution is 5.36. The molecule has 0 spiro atoms. The second-order valence-corrected chi connectivity index (χ2v) is 8.63. The number of hydrogen-bond acceptors (Lipinski definition) is 0. The van der Waals surface area contributed by atoms with Gasteiger partial charge < -0.3 is 0 Å². The Morgan fingerprint density at radius 3 is 2.60 bits per heavy atom. The van der Waals surface area contributed by atoms with E-state index < -0.39 is 0 Å². The molecule has 0 nitrogen and oxygen atoms in total. The molecule has 1 fully saturated rings. The summed E-state index contributed by atoms with van der Waals surface area (Å²) in [6, 6.07) is 0. The summed E-state index contributed by atoms with van der Waals surface area (Å²) >= 11 is 0. The number of rotatable bonds is 1. The van der Waals surface area contributed by atoms with Gasteiger partial charge in [0.05, 0.1) is 0 Å². The zero-order valence-electron chi connectivity index (χ0n) is 13.7. The monoisotopic (exact) mass is 270 g/mol. The van der Waals surface area contributed by atoms with Gasteiger partial charge in [-0.1, -0.05) is 58.4 Å². The molecule has 0 bridgehead atoms. The Morgan fingerprint density at radius 2 is 1.90 bits per heavy atom. The van der Waals surface area contributed by atoms with E-state index in [4.69, 9.17) is 0 Å². The van der Waals surface area contributed by atoms with E-state index in [1.807, 2.05) is 0 Å². The minimum atomic E-state index is 0.212. The van der Waals surface area contributed by atoms with Crippen LogP contribution in [0.25, 0.3) is 0 Å². The number of fused-ring (bicyclic) bond motifs is 3. The molecular formula is C20H30. The molecule has 20 heavy (non-hydrogen) atoms. The molecule has 3 aliphatic carbocycles. The lowest BCUT2D eigenvalue weighted by molar-refractivity contribution is -0.0122. The average Bonchev–Trinajstić information content (AvgIpc) is 2.37. The Hall–Kier alpha value is -0.780. The Bertz CT molecular complexity index is 478. The van der Waals surface area contributed by atoms with Crippen LogP contribution in [0.4, 0.5) is 0 Å². The molecule has 0 amide bonds. The van der Waals surface area contributed by atoms with Crippen molar-refractivity contribution in [3.63, 3.8) is 0 Å². The van der Waals surface area contributed by atoms with Crippen molar-refractivity contribution >= 4 is 0 Å². The van der Waals surface area contributed by atoms with Crippen molar-refractivity contribution in [2.24, 2.45) is 28.1 Å². The van der Waals surface area contributed by atoms with Gasteiger partial charge in [-0.15, -0.1) is 6.58 Å². The van der Waals surface area contributed by atoms with Gasteiger partial charge in [0.25, 0.3) is 0 Å². The van der Waals surface area contributed by atoms with Gasteiger partial charge in [-0.2, -0.15) is 0 Å². The van der Waals surface area contributed by atoms with Crippen LogP contribution in [0.5, 0.6) is 0 Å². The molecule has 0 radical (unpaired) electrons. The lowest BCUT2D eigenvalue weighted by Crippen LogP contribution is -2.48. The summed E-state index contributed by atoms with van der Waals surface area (Å²) in [5, 5.41) is 0. The first-order valence-electron chi connectivity index (χ1n) is 8.35. The van der Waals surface area contributed by atoms with E-state index in [1.54, 1.807) is 5.57 Å². The van der Waals surface area contributed by atoms with E-state index in [9.17, 15) is 0 Å². The second kappa shape index (κ2) is 4.36. The minimum absolute atomic E-state index is 0.212. The molecule has 0 saturated heterocycles. The van der Waals surface area contributed by atoms with Crippen LogP contribution in [-0.2, 0) is 0 Å². The van der Waals surface area contributed by atoms with Gasteiger partial charge in [0.15, 0.2) is 0 Å². The Balaban J connectivity index is 2.04. The summed E-state index contributed by atoms with van der Waals surface area (Å²) < 4.78 is 0. The Kier molecular flexibility index (Phi) is 3.09. The molecule has 3 rings (SSSR count). The van der Waals surface area contributed by atoms with Crippen molar-refractivity contribution in [2.75, 3.05) is 0 Å². The summed E-state index contributed by atoms with van der Waals surface area (Å²) in [5.74, 6) is 1.52. The van der Waals surface area contributed by atoms with Crippen molar-refractivity contribution in [2.45, 2.75) is 59.8 Å². The summed E-state index contributed by atoms with van der Waals surface area (Å²) in [4.78, 5) is 0. The Labute approximate surface area is 125 Å². The van der Waals surface area contributed by atoms with Crippen LogP contribution in [-0.4, -0.2) is 0 Å². The summed E-state index contributed by atoms with van der Waals surface area (Å²) in [7, 11) is 0. The third kappa shape index (κ3) is 1.95. The quantitative estimate of drug-likeness (QED) is 0.519. The lowest BCUT2D eigenvalue weighted by atomic mass is 9.47. The maximum absolute atomic E-state index is 4.05.